The lowest BCUT2D eigenvalue weighted by molar-refractivity contribution is -0.138. The van der Waals surface area contributed by atoms with Gasteiger partial charge in [-0.15, -0.1) is 0 Å². The van der Waals surface area contributed by atoms with Crippen molar-refractivity contribution in [3.8, 4) is 11.5 Å². The van der Waals surface area contributed by atoms with E-state index in [1.807, 2.05) is 0 Å². The second kappa shape index (κ2) is 10.8. The Bertz CT molecular complexity index is 1440. The molecule has 2 atom stereocenters. The quantitative estimate of drug-likeness (QED) is 0.234. The van der Waals surface area contributed by atoms with E-state index in [1.165, 1.54) is 35.3 Å². The fourth-order valence-corrected chi connectivity index (χ4v) is 5.05. The third-order valence-electron chi connectivity index (χ3n) is 7.38. The number of benzene rings is 3. The van der Waals surface area contributed by atoms with Crippen molar-refractivity contribution in [2.24, 2.45) is 11.8 Å². The van der Waals surface area contributed by atoms with Crippen LogP contribution in [-0.4, -0.2) is 28.8 Å². The van der Waals surface area contributed by atoms with Gasteiger partial charge in [-0.3, -0.25) is 10.6 Å². The molecule has 0 radical (unpaired) electrons. The third-order valence-corrected chi connectivity index (χ3v) is 7.38. The number of carbonyl (C=O) groups excluding carboxylic acids is 1. The van der Waals surface area contributed by atoms with Gasteiger partial charge < -0.3 is 15.2 Å². The van der Waals surface area contributed by atoms with Gasteiger partial charge in [-0.1, -0.05) is 0 Å². The largest absolute Gasteiger partial charge is 0.456 e. The number of hydrazine groups is 1. The molecule has 4 N–H and O–H groups in total. The van der Waals surface area contributed by atoms with Crippen molar-refractivity contribution in [3.05, 3.63) is 88.0 Å². The minimum atomic E-state index is -4.71. The highest BCUT2D eigenvalue weighted by atomic mass is 19.4. The van der Waals surface area contributed by atoms with Crippen molar-refractivity contribution in [3.63, 3.8) is 0 Å². The topological polar surface area (TPSA) is 87.8 Å². The maximum absolute atomic E-state index is 14.6. The zero-order valence-electron chi connectivity index (χ0n) is 21.6. The molecule has 3 aromatic rings. The molecule has 2 aliphatic rings. The first-order valence-corrected chi connectivity index (χ1v) is 12.9. The molecule has 11 heteroatoms. The molecule has 1 saturated heterocycles. The van der Waals surface area contributed by atoms with Crippen molar-refractivity contribution in [2.45, 2.75) is 50.9 Å². The SMILES string of the molecule is Cc1cc(F)ccc1Oc1cc(C2CC2)c(C(F)(F)F)cc1C(=O)Nc1ccc(F)c(CC2CCN(N)C2O)c1. The molecular weight excluding hydrogens is 533 g/mol. The zero-order chi connectivity index (χ0) is 28.8. The highest BCUT2D eigenvalue weighted by Crippen LogP contribution is 2.48. The molecule has 1 amide bonds. The smallest absolute Gasteiger partial charge is 0.416 e. The number of aliphatic hydroxyl groups is 1. The number of halogens is 5. The Hall–Kier alpha value is -3.54. The molecule has 1 aliphatic carbocycles. The third kappa shape index (κ3) is 5.96. The number of aliphatic hydroxyl groups excluding tert-OH is 1. The molecule has 212 valence electrons. The van der Waals surface area contributed by atoms with Crippen LogP contribution < -0.4 is 15.9 Å². The Labute approximate surface area is 227 Å². The van der Waals surface area contributed by atoms with Gasteiger partial charge in [-0.25, -0.2) is 13.8 Å². The minimum absolute atomic E-state index is 0.0342. The minimum Gasteiger partial charge on any atom is -0.456 e. The second-order valence-electron chi connectivity index (χ2n) is 10.4. The molecule has 40 heavy (non-hydrogen) atoms. The number of hydrogen-bond acceptors (Lipinski definition) is 5. The summed E-state index contributed by atoms with van der Waals surface area (Å²) in [5.41, 5.74) is -0.502. The van der Waals surface area contributed by atoms with Crippen LogP contribution in [0.5, 0.6) is 11.5 Å². The number of nitrogens with two attached hydrogens (primary N) is 1. The van der Waals surface area contributed by atoms with Gasteiger partial charge >= 0.3 is 6.18 Å². The average molecular weight is 562 g/mol. The molecule has 5 rings (SSSR count). The normalized spacial score (nSPS) is 19.6. The van der Waals surface area contributed by atoms with Crippen molar-refractivity contribution in [1.29, 1.82) is 0 Å². The van der Waals surface area contributed by atoms with E-state index in [9.17, 15) is 31.9 Å². The monoisotopic (exact) mass is 561 g/mol. The Kier molecular flexibility index (Phi) is 7.56. The van der Waals surface area contributed by atoms with E-state index in [1.54, 1.807) is 6.92 Å². The van der Waals surface area contributed by atoms with Gasteiger partial charge in [0.25, 0.3) is 5.91 Å². The van der Waals surface area contributed by atoms with Gasteiger partial charge in [-0.05, 0) is 104 Å². The number of rotatable bonds is 7. The summed E-state index contributed by atoms with van der Waals surface area (Å²) in [6.45, 7) is 2.02. The summed E-state index contributed by atoms with van der Waals surface area (Å²) in [4.78, 5) is 13.4. The van der Waals surface area contributed by atoms with Gasteiger partial charge in [0.1, 0.15) is 29.4 Å². The number of nitrogens with zero attached hydrogens (tertiary/aromatic N) is 1. The van der Waals surface area contributed by atoms with Crippen LogP contribution in [0.25, 0.3) is 0 Å². The van der Waals surface area contributed by atoms with Gasteiger partial charge in [-0.2, -0.15) is 13.2 Å². The Morgan fingerprint density at radius 1 is 1.07 bits per heavy atom. The lowest BCUT2D eigenvalue weighted by Crippen LogP contribution is -2.38. The van der Waals surface area contributed by atoms with Gasteiger partial charge in [0, 0.05) is 18.2 Å². The van der Waals surface area contributed by atoms with Crippen LogP contribution >= 0.6 is 0 Å². The number of anilines is 1. The summed E-state index contributed by atoms with van der Waals surface area (Å²) in [6, 6.07) is 9.53. The highest BCUT2D eigenvalue weighted by Gasteiger charge is 2.40. The van der Waals surface area contributed by atoms with E-state index < -0.39 is 35.5 Å². The van der Waals surface area contributed by atoms with Crippen LogP contribution in [0.3, 0.4) is 0 Å². The van der Waals surface area contributed by atoms with Crippen LogP contribution in [0.1, 0.15) is 57.8 Å². The molecule has 0 spiro atoms. The molecule has 0 bridgehead atoms. The number of amides is 1. The molecule has 6 nitrogen and oxygen atoms in total. The molecule has 2 unspecified atom stereocenters. The summed E-state index contributed by atoms with van der Waals surface area (Å²) in [5.74, 6) is 3.20. The fourth-order valence-electron chi connectivity index (χ4n) is 5.05. The van der Waals surface area contributed by atoms with Gasteiger partial charge in [0.05, 0.1) is 11.1 Å². The number of carbonyl (C=O) groups is 1. The van der Waals surface area contributed by atoms with Crippen LogP contribution in [0.4, 0.5) is 27.6 Å². The Balaban J connectivity index is 1.49. The first kappa shape index (κ1) is 28.0. The Morgan fingerprint density at radius 3 is 2.45 bits per heavy atom. The van der Waals surface area contributed by atoms with E-state index >= 15 is 0 Å². The second-order valence-corrected chi connectivity index (χ2v) is 10.4. The summed E-state index contributed by atoms with van der Waals surface area (Å²) < 4.78 is 76.2. The van der Waals surface area contributed by atoms with Crippen molar-refractivity contribution in [1.82, 2.24) is 5.01 Å². The molecule has 3 aromatic carbocycles. The Morgan fingerprint density at radius 2 is 1.82 bits per heavy atom. The van der Waals surface area contributed by atoms with E-state index in [-0.39, 0.29) is 52.1 Å². The highest BCUT2D eigenvalue weighted by molar-refractivity contribution is 6.06. The predicted octanol–water partition coefficient (Wildman–Crippen LogP) is 6.27. The molecule has 2 fully saturated rings. The van der Waals surface area contributed by atoms with Crippen LogP contribution in [0, 0.1) is 24.5 Å². The fraction of sp³-hybridized carbons (Fsp3) is 0.345. The molecular formula is C29H28F5N3O3. The van der Waals surface area contributed by atoms with Crippen molar-refractivity contribution >= 4 is 11.6 Å². The lowest BCUT2D eigenvalue weighted by atomic mass is 9.96. The molecule has 0 aromatic heterocycles. The maximum atomic E-state index is 14.6. The standard InChI is InChI=1S/C29H28F5N3O3/c1-15-10-19(30)4-7-25(15)40-26-14-21(16-2-3-16)23(29(32,33)34)13-22(26)27(38)36-20-5-6-24(31)18(12-20)11-17-8-9-37(35)28(17)39/h4-7,10,12-14,16-17,28,39H,2-3,8-9,11,35H2,1H3,(H,36,38). The lowest BCUT2D eigenvalue weighted by Gasteiger charge is -2.20. The molecule has 1 heterocycles. The van der Waals surface area contributed by atoms with E-state index in [2.05, 4.69) is 5.32 Å². The maximum Gasteiger partial charge on any atom is 0.416 e. The molecule has 1 saturated carbocycles. The molecule has 1 aliphatic heterocycles. The van der Waals surface area contributed by atoms with E-state index in [0.717, 1.165) is 18.2 Å². The van der Waals surface area contributed by atoms with Crippen LogP contribution in [0.15, 0.2) is 48.5 Å². The van der Waals surface area contributed by atoms with Gasteiger partial charge in [0.15, 0.2) is 0 Å². The summed E-state index contributed by atoms with van der Waals surface area (Å²) >= 11 is 0. The van der Waals surface area contributed by atoms with Crippen LogP contribution in [0.2, 0.25) is 0 Å². The summed E-state index contributed by atoms with van der Waals surface area (Å²) in [5, 5.41) is 14.0. The van der Waals surface area contributed by atoms with Crippen molar-refractivity contribution < 1.29 is 36.6 Å². The van der Waals surface area contributed by atoms with E-state index in [4.69, 9.17) is 10.6 Å². The van der Waals surface area contributed by atoms with Crippen LogP contribution in [-0.2, 0) is 12.6 Å². The summed E-state index contributed by atoms with van der Waals surface area (Å²) in [7, 11) is 0. The number of nitrogens with one attached hydrogen (secondary N) is 1. The number of ether oxygens (including phenoxy) is 1. The predicted molar refractivity (Wildman–Crippen MR) is 138 cm³/mol. The first-order valence-electron chi connectivity index (χ1n) is 12.9. The number of alkyl halides is 3. The number of aryl methyl sites for hydroxylation is 1. The van der Waals surface area contributed by atoms with Gasteiger partial charge in [0.2, 0.25) is 0 Å². The zero-order valence-corrected chi connectivity index (χ0v) is 21.6. The number of hydrogen-bond donors (Lipinski definition) is 3. The van der Waals surface area contributed by atoms with E-state index in [0.29, 0.717) is 31.4 Å². The van der Waals surface area contributed by atoms with Crippen molar-refractivity contribution in [2.75, 3.05) is 11.9 Å². The summed E-state index contributed by atoms with van der Waals surface area (Å²) in [6.07, 6.45) is -3.79. The first-order chi connectivity index (χ1) is 18.9. The average Bonchev–Trinajstić information content (AvgIpc) is 3.69.